The Hall–Kier alpha value is -0.570. The molecule has 1 heterocycles. The Morgan fingerprint density at radius 3 is 2.71 bits per heavy atom. The molecule has 17 heavy (non-hydrogen) atoms. The van der Waals surface area contributed by atoms with Gasteiger partial charge >= 0.3 is 0 Å². The highest BCUT2D eigenvalue weighted by Crippen LogP contribution is 2.15. The highest BCUT2D eigenvalue weighted by atomic mass is 16.2. The molecule has 1 N–H and O–H groups in total. The number of carbonyl (C=O) groups excluding carboxylic acids is 1. The zero-order chi connectivity index (χ0) is 12.9. The minimum atomic E-state index is 0.315. The van der Waals surface area contributed by atoms with Crippen LogP contribution in [0.3, 0.4) is 0 Å². The number of nitrogens with one attached hydrogen (secondary N) is 1. The fourth-order valence-corrected chi connectivity index (χ4v) is 2.19. The smallest absolute Gasteiger partial charge is 0.222 e. The lowest BCUT2D eigenvalue weighted by molar-refractivity contribution is -0.132. The molecule has 1 fully saturated rings. The van der Waals surface area contributed by atoms with E-state index in [2.05, 4.69) is 33.0 Å². The normalized spacial score (nSPS) is 21.6. The zero-order valence-corrected chi connectivity index (χ0v) is 11.9. The second-order valence-corrected chi connectivity index (χ2v) is 6.37. The third-order valence-corrected chi connectivity index (χ3v) is 3.16. The van der Waals surface area contributed by atoms with E-state index < -0.39 is 0 Å². The lowest BCUT2D eigenvalue weighted by atomic mass is 9.95. The number of rotatable bonds is 4. The van der Waals surface area contributed by atoms with Crippen LogP contribution in [0.25, 0.3) is 0 Å². The molecule has 0 saturated carbocycles. The van der Waals surface area contributed by atoms with Crippen molar-refractivity contribution < 1.29 is 4.79 Å². The van der Waals surface area contributed by atoms with E-state index in [4.69, 9.17) is 0 Å². The molecule has 1 unspecified atom stereocenters. The van der Waals surface area contributed by atoms with Crippen LogP contribution in [-0.4, -0.2) is 36.5 Å². The second-order valence-electron chi connectivity index (χ2n) is 6.37. The molecular weight excluding hydrogens is 212 g/mol. The summed E-state index contributed by atoms with van der Waals surface area (Å²) in [5.74, 6) is 0.328. The summed E-state index contributed by atoms with van der Waals surface area (Å²) in [5, 5.41) is 3.59. The van der Waals surface area contributed by atoms with E-state index in [1.54, 1.807) is 0 Å². The van der Waals surface area contributed by atoms with E-state index in [0.29, 0.717) is 23.8 Å². The van der Waals surface area contributed by atoms with E-state index in [9.17, 15) is 4.79 Å². The van der Waals surface area contributed by atoms with E-state index in [-0.39, 0.29) is 0 Å². The number of likely N-dealkylation sites (tertiary alicyclic amines) is 1. The van der Waals surface area contributed by atoms with Crippen LogP contribution in [0.5, 0.6) is 0 Å². The summed E-state index contributed by atoms with van der Waals surface area (Å²) in [6.07, 6.45) is 3.99. The van der Waals surface area contributed by atoms with Crippen LogP contribution in [0.2, 0.25) is 0 Å². The van der Waals surface area contributed by atoms with Gasteiger partial charge in [-0.15, -0.1) is 0 Å². The highest BCUT2D eigenvalue weighted by molar-refractivity contribution is 5.76. The Balaban J connectivity index is 2.36. The van der Waals surface area contributed by atoms with Crippen molar-refractivity contribution in [2.75, 3.05) is 19.6 Å². The van der Waals surface area contributed by atoms with Gasteiger partial charge in [-0.1, -0.05) is 27.7 Å². The molecule has 0 aromatic rings. The predicted octanol–water partition coefficient (Wildman–Crippen LogP) is 2.41. The van der Waals surface area contributed by atoms with E-state index in [1.807, 2.05) is 4.90 Å². The average Bonchev–Trinajstić information content (AvgIpc) is 2.26. The highest BCUT2D eigenvalue weighted by Gasteiger charge is 2.23. The quantitative estimate of drug-likeness (QED) is 0.818. The van der Waals surface area contributed by atoms with E-state index >= 15 is 0 Å². The molecular formula is C14H28N2O. The van der Waals surface area contributed by atoms with Crippen molar-refractivity contribution in [2.24, 2.45) is 5.41 Å². The van der Waals surface area contributed by atoms with Crippen LogP contribution in [0.1, 0.15) is 53.4 Å². The van der Waals surface area contributed by atoms with Crippen molar-refractivity contribution in [3.8, 4) is 0 Å². The van der Waals surface area contributed by atoms with Crippen molar-refractivity contribution in [2.45, 2.75) is 59.4 Å². The van der Waals surface area contributed by atoms with Crippen molar-refractivity contribution in [3.05, 3.63) is 0 Å². The summed E-state index contributed by atoms with van der Waals surface area (Å²) >= 11 is 0. The van der Waals surface area contributed by atoms with Gasteiger partial charge in [-0.25, -0.2) is 0 Å². The van der Waals surface area contributed by atoms with E-state index in [1.165, 1.54) is 6.42 Å². The van der Waals surface area contributed by atoms with Gasteiger partial charge in [-0.3, -0.25) is 4.79 Å². The van der Waals surface area contributed by atoms with Crippen molar-refractivity contribution >= 4 is 5.91 Å². The standard InChI is InChI=1S/C14H28N2O/c1-5-7-13(17)16-9-6-8-12(10-16)15-11-14(2,3)4/h12,15H,5-11H2,1-4H3. The first-order valence-corrected chi connectivity index (χ1v) is 6.93. The van der Waals surface area contributed by atoms with Gasteiger partial charge in [-0.05, 0) is 24.7 Å². The molecule has 0 bridgehead atoms. The summed E-state index contributed by atoms with van der Waals surface area (Å²) in [5.41, 5.74) is 0.315. The summed E-state index contributed by atoms with van der Waals surface area (Å²) in [4.78, 5) is 13.9. The minimum absolute atomic E-state index is 0.315. The Kier molecular flexibility index (Phi) is 5.44. The Bertz CT molecular complexity index is 245. The molecule has 0 radical (unpaired) electrons. The van der Waals surface area contributed by atoms with Gasteiger partial charge in [0, 0.05) is 32.1 Å². The fraction of sp³-hybridized carbons (Fsp3) is 0.929. The molecule has 0 aromatic heterocycles. The molecule has 3 nitrogen and oxygen atoms in total. The molecule has 1 atom stereocenters. The molecule has 1 rings (SSSR count). The maximum atomic E-state index is 11.8. The summed E-state index contributed by atoms with van der Waals surface area (Å²) < 4.78 is 0. The Labute approximate surface area is 106 Å². The molecule has 1 aliphatic rings. The van der Waals surface area contributed by atoms with E-state index in [0.717, 1.165) is 32.5 Å². The van der Waals surface area contributed by atoms with Gasteiger partial charge in [0.15, 0.2) is 0 Å². The van der Waals surface area contributed by atoms with Crippen LogP contribution in [0.4, 0.5) is 0 Å². The van der Waals surface area contributed by atoms with Gasteiger partial charge in [0.1, 0.15) is 0 Å². The largest absolute Gasteiger partial charge is 0.341 e. The fourth-order valence-electron chi connectivity index (χ4n) is 2.19. The predicted molar refractivity (Wildman–Crippen MR) is 72.0 cm³/mol. The first-order valence-electron chi connectivity index (χ1n) is 6.93. The average molecular weight is 240 g/mol. The number of hydrogen-bond donors (Lipinski definition) is 1. The summed E-state index contributed by atoms with van der Waals surface area (Å²) in [7, 11) is 0. The zero-order valence-electron chi connectivity index (χ0n) is 11.9. The van der Waals surface area contributed by atoms with Gasteiger partial charge in [0.05, 0.1) is 0 Å². The van der Waals surface area contributed by atoms with Crippen LogP contribution in [-0.2, 0) is 4.79 Å². The lowest BCUT2D eigenvalue weighted by Crippen LogP contribution is -2.49. The first-order chi connectivity index (χ1) is 7.92. The molecule has 1 aliphatic heterocycles. The van der Waals surface area contributed by atoms with Crippen LogP contribution in [0.15, 0.2) is 0 Å². The topological polar surface area (TPSA) is 32.3 Å². The number of hydrogen-bond acceptors (Lipinski definition) is 2. The third-order valence-electron chi connectivity index (χ3n) is 3.16. The number of nitrogens with zero attached hydrogens (tertiary/aromatic N) is 1. The maximum absolute atomic E-state index is 11.8. The molecule has 1 saturated heterocycles. The van der Waals surface area contributed by atoms with Crippen molar-refractivity contribution in [3.63, 3.8) is 0 Å². The van der Waals surface area contributed by atoms with Crippen molar-refractivity contribution in [1.29, 1.82) is 0 Å². The summed E-state index contributed by atoms with van der Waals surface area (Å²) in [6, 6.07) is 0.490. The summed E-state index contributed by atoms with van der Waals surface area (Å²) in [6.45, 7) is 11.7. The molecule has 0 aromatic carbocycles. The Morgan fingerprint density at radius 2 is 2.12 bits per heavy atom. The molecule has 1 amide bonds. The van der Waals surface area contributed by atoms with Gasteiger partial charge in [0.2, 0.25) is 5.91 Å². The second kappa shape index (κ2) is 6.39. The third kappa shape index (κ3) is 5.53. The molecule has 0 spiro atoms. The van der Waals surface area contributed by atoms with Crippen LogP contribution < -0.4 is 5.32 Å². The van der Waals surface area contributed by atoms with Gasteiger partial charge in [-0.2, -0.15) is 0 Å². The monoisotopic (exact) mass is 240 g/mol. The van der Waals surface area contributed by atoms with Crippen LogP contribution in [0, 0.1) is 5.41 Å². The SMILES string of the molecule is CCCC(=O)N1CCCC(NCC(C)(C)C)C1. The van der Waals surface area contributed by atoms with Gasteiger partial charge in [0.25, 0.3) is 0 Å². The lowest BCUT2D eigenvalue weighted by Gasteiger charge is -2.35. The van der Waals surface area contributed by atoms with Gasteiger partial charge < -0.3 is 10.2 Å². The molecule has 0 aliphatic carbocycles. The number of carbonyl (C=O) groups is 1. The minimum Gasteiger partial charge on any atom is -0.341 e. The molecule has 3 heteroatoms. The number of piperidine rings is 1. The molecule has 100 valence electrons. The number of amides is 1. The Morgan fingerprint density at radius 1 is 1.41 bits per heavy atom. The van der Waals surface area contributed by atoms with Crippen LogP contribution >= 0.6 is 0 Å². The maximum Gasteiger partial charge on any atom is 0.222 e. The van der Waals surface area contributed by atoms with Crippen molar-refractivity contribution in [1.82, 2.24) is 10.2 Å². The first kappa shape index (κ1) is 14.5.